The van der Waals surface area contributed by atoms with Gasteiger partial charge in [-0.1, -0.05) is 25.1 Å². The maximum atomic E-state index is 11.9. The zero-order valence-corrected chi connectivity index (χ0v) is 16.6. The molecule has 0 amide bonds. The first-order valence-electron chi connectivity index (χ1n) is 9.94. The second kappa shape index (κ2) is 7.59. The van der Waals surface area contributed by atoms with Crippen LogP contribution in [0.25, 0.3) is 34.2 Å². The van der Waals surface area contributed by atoms with E-state index in [1.54, 1.807) is 12.1 Å². The van der Waals surface area contributed by atoms with Crippen molar-refractivity contribution in [2.75, 3.05) is 6.54 Å². The Morgan fingerprint density at radius 1 is 1.21 bits per heavy atom. The molecule has 3 N–H and O–H groups in total. The average molecular weight is 388 g/mol. The molecule has 1 aliphatic heterocycles. The summed E-state index contributed by atoms with van der Waals surface area (Å²) >= 11 is 0. The number of hydrogen-bond donors (Lipinski definition) is 2. The van der Waals surface area contributed by atoms with E-state index in [2.05, 4.69) is 18.0 Å². The van der Waals surface area contributed by atoms with Crippen molar-refractivity contribution in [2.24, 2.45) is 16.6 Å². The Bertz CT molecular complexity index is 1250. The molecule has 0 fully saturated rings. The van der Waals surface area contributed by atoms with Crippen LogP contribution in [0, 0.1) is 5.92 Å². The topological polar surface area (TPSA) is 88.8 Å². The third-order valence-electron chi connectivity index (χ3n) is 5.43. The fourth-order valence-electron chi connectivity index (χ4n) is 4.03. The molecule has 0 bridgehead atoms. The predicted molar refractivity (Wildman–Crippen MR) is 114 cm³/mol. The molecule has 0 aromatic heterocycles. The standard InChI is InChI=1S/C24H24N2O3/c1-3-14-11-19(25)23-21(12-14)29-20-13-15(26-4-2)9-10-18(20)22(23)16-7-5-6-8-17(16)24(27)28/h5-10,12-14H,3-4,11,25H2,1-2H3,(H,27,28). The number of fused-ring (bicyclic) bond motifs is 2. The molecule has 4 rings (SSSR count). The predicted octanol–water partition coefficient (Wildman–Crippen LogP) is 2.95. The molecule has 148 valence electrons. The van der Waals surface area contributed by atoms with Crippen LogP contribution in [0.1, 0.15) is 37.0 Å². The Morgan fingerprint density at radius 2 is 2.00 bits per heavy atom. The van der Waals surface area contributed by atoms with Crippen LogP contribution in [-0.4, -0.2) is 17.6 Å². The summed E-state index contributed by atoms with van der Waals surface area (Å²) in [6, 6.07) is 12.8. The number of carboxylic acid groups (broad SMARTS) is 1. The minimum absolute atomic E-state index is 0.245. The smallest absolute Gasteiger partial charge is 0.336 e. The number of rotatable bonds is 4. The monoisotopic (exact) mass is 388 g/mol. The van der Waals surface area contributed by atoms with Crippen LogP contribution >= 0.6 is 0 Å². The molecule has 1 aromatic carbocycles. The first-order chi connectivity index (χ1) is 14.0. The van der Waals surface area contributed by atoms with E-state index < -0.39 is 5.97 Å². The van der Waals surface area contributed by atoms with Gasteiger partial charge in [0, 0.05) is 34.7 Å². The molecule has 1 heterocycles. The summed E-state index contributed by atoms with van der Waals surface area (Å²) in [6.07, 6.45) is 3.80. The van der Waals surface area contributed by atoms with Gasteiger partial charge in [0.05, 0.1) is 10.9 Å². The second-order valence-corrected chi connectivity index (χ2v) is 7.29. The van der Waals surface area contributed by atoms with E-state index in [-0.39, 0.29) is 5.56 Å². The number of nitrogens with zero attached hydrogens (tertiary/aromatic N) is 1. The molecule has 0 saturated heterocycles. The van der Waals surface area contributed by atoms with Gasteiger partial charge in [-0.15, -0.1) is 0 Å². The molecule has 1 unspecified atom stereocenters. The lowest BCUT2D eigenvalue weighted by molar-refractivity contribution is 0.0697. The van der Waals surface area contributed by atoms with Gasteiger partial charge in [0.1, 0.15) is 11.2 Å². The minimum Gasteiger partial charge on any atom is -0.478 e. The van der Waals surface area contributed by atoms with Crippen molar-refractivity contribution in [2.45, 2.75) is 26.7 Å². The first kappa shape index (κ1) is 19.0. The number of hydrogen-bond acceptors (Lipinski definition) is 4. The van der Waals surface area contributed by atoms with Crippen molar-refractivity contribution in [1.29, 1.82) is 0 Å². The molecule has 0 spiro atoms. The van der Waals surface area contributed by atoms with Crippen molar-refractivity contribution in [3.05, 3.63) is 64.0 Å². The summed E-state index contributed by atoms with van der Waals surface area (Å²) < 4.78 is 6.27. The van der Waals surface area contributed by atoms with Gasteiger partial charge < -0.3 is 15.3 Å². The summed E-state index contributed by atoms with van der Waals surface area (Å²) in [5, 5.41) is 11.4. The Labute approximate surface area is 168 Å². The highest BCUT2D eigenvalue weighted by Crippen LogP contribution is 2.32. The fourth-order valence-corrected chi connectivity index (χ4v) is 4.03. The molecule has 2 aliphatic carbocycles. The van der Waals surface area contributed by atoms with E-state index in [4.69, 9.17) is 10.2 Å². The lowest BCUT2D eigenvalue weighted by Gasteiger charge is -2.21. The maximum Gasteiger partial charge on any atom is 0.336 e. The molecule has 5 nitrogen and oxygen atoms in total. The van der Waals surface area contributed by atoms with Gasteiger partial charge in [0.25, 0.3) is 0 Å². The van der Waals surface area contributed by atoms with Gasteiger partial charge in [0.15, 0.2) is 0 Å². The quantitative estimate of drug-likeness (QED) is 0.719. The highest BCUT2D eigenvalue weighted by atomic mass is 16.4. The average Bonchev–Trinajstić information content (AvgIpc) is 2.72. The fraction of sp³-hybridized carbons (Fsp3) is 0.250. The van der Waals surface area contributed by atoms with Crippen LogP contribution in [0.5, 0.6) is 0 Å². The van der Waals surface area contributed by atoms with E-state index in [1.807, 2.05) is 37.3 Å². The highest BCUT2D eigenvalue weighted by molar-refractivity contribution is 5.99. The summed E-state index contributed by atoms with van der Waals surface area (Å²) in [6.45, 7) is 4.79. The Balaban J connectivity index is 2.20. The van der Waals surface area contributed by atoms with E-state index in [9.17, 15) is 9.90 Å². The molecule has 29 heavy (non-hydrogen) atoms. The SMILES string of the molecule is CCN=c1ccc2c(-c3ccccc3C(=O)O)c3c(oc-2c1)=CC(CC)CC=3N. The lowest BCUT2D eigenvalue weighted by atomic mass is 9.87. The molecule has 3 aliphatic rings. The first-order valence-corrected chi connectivity index (χ1v) is 9.94. The van der Waals surface area contributed by atoms with Gasteiger partial charge >= 0.3 is 5.97 Å². The van der Waals surface area contributed by atoms with E-state index >= 15 is 0 Å². The third-order valence-corrected chi connectivity index (χ3v) is 5.43. The van der Waals surface area contributed by atoms with Crippen LogP contribution in [0.2, 0.25) is 0 Å². The van der Waals surface area contributed by atoms with Crippen LogP contribution in [0.4, 0.5) is 0 Å². The van der Waals surface area contributed by atoms with Crippen molar-refractivity contribution in [3.8, 4) is 22.5 Å². The highest BCUT2D eigenvalue weighted by Gasteiger charge is 2.23. The summed E-state index contributed by atoms with van der Waals surface area (Å²) in [4.78, 5) is 16.4. The number of carbonyl (C=O) groups is 1. The van der Waals surface area contributed by atoms with Crippen LogP contribution in [-0.2, 0) is 0 Å². The Morgan fingerprint density at radius 3 is 2.72 bits per heavy atom. The second-order valence-electron chi connectivity index (χ2n) is 7.29. The lowest BCUT2D eigenvalue weighted by Crippen LogP contribution is -2.37. The van der Waals surface area contributed by atoms with Crippen molar-refractivity contribution in [1.82, 2.24) is 0 Å². The van der Waals surface area contributed by atoms with Crippen LogP contribution in [0.3, 0.4) is 0 Å². The van der Waals surface area contributed by atoms with Gasteiger partial charge in [-0.2, -0.15) is 0 Å². The van der Waals surface area contributed by atoms with E-state index in [0.29, 0.717) is 29.2 Å². The molecule has 0 saturated carbocycles. The number of aromatic carboxylic acids is 1. The van der Waals surface area contributed by atoms with Gasteiger partial charge in [-0.3, -0.25) is 4.99 Å². The summed E-state index contributed by atoms with van der Waals surface area (Å²) in [5.74, 6) is 0.00918. The largest absolute Gasteiger partial charge is 0.478 e. The normalized spacial score (nSPS) is 16.6. The van der Waals surface area contributed by atoms with Gasteiger partial charge in [0.2, 0.25) is 0 Å². The van der Waals surface area contributed by atoms with Gasteiger partial charge in [-0.25, -0.2) is 4.79 Å². The summed E-state index contributed by atoms with van der Waals surface area (Å²) in [5.41, 5.74) is 10.5. The minimum atomic E-state index is -0.967. The molecular weight excluding hydrogens is 364 g/mol. The zero-order chi connectivity index (χ0) is 20.5. The van der Waals surface area contributed by atoms with E-state index in [1.165, 1.54) is 0 Å². The van der Waals surface area contributed by atoms with Crippen molar-refractivity contribution < 1.29 is 14.3 Å². The Hall–Kier alpha value is -3.34. The number of nitrogens with two attached hydrogens (primary N) is 1. The number of carboxylic acids is 1. The molecular formula is C24H24N2O3. The summed E-state index contributed by atoms with van der Waals surface area (Å²) in [7, 11) is 0. The zero-order valence-electron chi connectivity index (χ0n) is 16.6. The Kier molecular flexibility index (Phi) is 4.97. The maximum absolute atomic E-state index is 11.9. The van der Waals surface area contributed by atoms with Crippen LogP contribution in [0.15, 0.2) is 51.9 Å². The van der Waals surface area contributed by atoms with E-state index in [0.717, 1.165) is 40.2 Å². The van der Waals surface area contributed by atoms with Gasteiger partial charge in [-0.05, 0) is 55.5 Å². The van der Waals surface area contributed by atoms with Crippen LogP contribution < -0.4 is 21.7 Å². The van der Waals surface area contributed by atoms with Crippen molar-refractivity contribution >= 4 is 17.7 Å². The molecule has 1 atom stereocenters. The molecule has 1 aromatic rings. The van der Waals surface area contributed by atoms with Crippen molar-refractivity contribution in [3.63, 3.8) is 0 Å². The third kappa shape index (κ3) is 3.33. The molecule has 5 heteroatoms. The molecule has 0 radical (unpaired) electrons. The number of benzene rings is 2.